The first-order chi connectivity index (χ1) is 18.0. The number of piperidine rings is 1. The number of likely N-dealkylation sites (tertiary alicyclic amines) is 1. The van der Waals surface area contributed by atoms with Gasteiger partial charge in [0.25, 0.3) is 0 Å². The second-order valence-electron chi connectivity index (χ2n) is 9.35. The fraction of sp³-hybridized carbons (Fsp3) is 0.367. The van der Waals surface area contributed by atoms with Gasteiger partial charge >= 0.3 is 0 Å². The van der Waals surface area contributed by atoms with Crippen molar-refractivity contribution in [3.8, 4) is 23.1 Å². The molecule has 7 heteroatoms. The highest BCUT2D eigenvalue weighted by atomic mass is 16.5. The van der Waals surface area contributed by atoms with Crippen LogP contribution < -0.4 is 15.4 Å². The number of methoxy groups -OCH3 is 1. The van der Waals surface area contributed by atoms with Crippen molar-refractivity contribution in [2.75, 3.05) is 52.7 Å². The van der Waals surface area contributed by atoms with Crippen LogP contribution in [0.15, 0.2) is 60.7 Å². The third-order valence-electron chi connectivity index (χ3n) is 6.67. The highest BCUT2D eigenvalue weighted by Gasteiger charge is 2.15. The summed E-state index contributed by atoms with van der Waals surface area (Å²) in [5.74, 6) is 1.66. The molecule has 2 aromatic carbocycles. The monoisotopic (exact) mass is 499 g/mol. The molecule has 0 bridgehead atoms. The van der Waals surface area contributed by atoms with Crippen molar-refractivity contribution in [2.45, 2.75) is 19.3 Å². The number of nitriles is 1. The van der Waals surface area contributed by atoms with E-state index in [4.69, 9.17) is 10.00 Å². The number of hydrogen-bond donors (Lipinski definition) is 2. The Morgan fingerprint density at radius 1 is 1.24 bits per heavy atom. The van der Waals surface area contributed by atoms with Crippen LogP contribution in [0.4, 0.5) is 5.69 Å². The molecule has 1 aromatic heterocycles. The average Bonchev–Trinajstić information content (AvgIpc) is 2.95. The molecular formula is C30H37N5O2. The first-order valence-corrected chi connectivity index (χ1v) is 12.7. The summed E-state index contributed by atoms with van der Waals surface area (Å²) in [6, 6.07) is 17.2. The lowest BCUT2D eigenvalue weighted by Crippen LogP contribution is -2.31. The Labute approximate surface area is 220 Å². The van der Waals surface area contributed by atoms with E-state index >= 15 is 0 Å². The van der Waals surface area contributed by atoms with Gasteiger partial charge < -0.3 is 20.3 Å². The minimum atomic E-state index is 0.328. The Morgan fingerprint density at radius 3 is 2.68 bits per heavy atom. The van der Waals surface area contributed by atoms with Crippen molar-refractivity contribution >= 4 is 22.7 Å². The van der Waals surface area contributed by atoms with E-state index in [2.05, 4.69) is 34.1 Å². The molecule has 1 fully saturated rings. The molecule has 37 heavy (non-hydrogen) atoms. The number of nitrogens with one attached hydrogen (secondary N) is 2. The lowest BCUT2D eigenvalue weighted by atomic mass is 9.94. The van der Waals surface area contributed by atoms with Crippen molar-refractivity contribution < 1.29 is 9.53 Å². The number of fused-ring (bicyclic) bond motifs is 1. The molecule has 1 aliphatic heterocycles. The number of pyridine rings is 1. The molecule has 1 saturated heterocycles. The summed E-state index contributed by atoms with van der Waals surface area (Å²) in [4.78, 5) is 17.8. The molecule has 0 aliphatic carbocycles. The second-order valence-corrected chi connectivity index (χ2v) is 9.35. The minimum absolute atomic E-state index is 0.328. The summed E-state index contributed by atoms with van der Waals surface area (Å²) in [7, 11) is 5.85. The van der Waals surface area contributed by atoms with Gasteiger partial charge in [-0.1, -0.05) is 30.8 Å². The molecule has 7 nitrogen and oxygen atoms in total. The van der Waals surface area contributed by atoms with Crippen molar-refractivity contribution in [3.05, 3.63) is 66.4 Å². The zero-order valence-corrected chi connectivity index (χ0v) is 22.1. The van der Waals surface area contributed by atoms with Crippen LogP contribution in [0.5, 0.6) is 5.75 Å². The van der Waals surface area contributed by atoms with E-state index in [1.807, 2.05) is 49.5 Å². The van der Waals surface area contributed by atoms with Crippen LogP contribution in [0.3, 0.4) is 0 Å². The zero-order chi connectivity index (χ0) is 26.6. The van der Waals surface area contributed by atoms with E-state index in [0.29, 0.717) is 29.3 Å². The normalized spacial score (nSPS) is 13.8. The maximum absolute atomic E-state index is 11.0. The molecule has 0 spiro atoms. The number of anilines is 1. The molecule has 3 aromatic rings. The first-order valence-electron chi connectivity index (χ1n) is 12.7. The number of hydrogen-bond acceptors (Lipinski definition) is 7. The number of aromatic nitrogens is 1. The van der Waals surface area contributed by atoms with Crippen molar-refractivity contribution in [1.29, 1.82) is 5.26 Å². The van der Waals surface area contributed by atoms with Crippen LogP contribution in [0.2, 0.25) is 0 Å². The van der Waals surface area contributed by atoms with Gasteiger partial charge in [-0.05, 0) is 88.6 Å². The van der Waals surface area contributed by atoms with E-state index < -0.39 is 0 Å². The Morgan fingerprint density at radius 2 is 2.00 bits per heavy atom. The van der Waals surface area contributed by atoms with Gasteiger partial charge in [-0.25, -0.2) is 4.98 Å². The van der Waals surface area contributed by atoms with Crippen LogP contribution in [-0.4, -0.2) is 63.6 Å². The number of nitrogens with zero attached hydrogens (tertiary/aromatic N) is 3. The van der Waals surface area contributed by atoms with Crippen LogP contribution in [-0.2, 0) is 0 Å². The van der Waals surface area contributed by atoms with Crippen LogP contribution >= 0.6 is 0 Å². The lowest BCUT2D eigenvalue weighted by Gasteiger charge is -2.28. The molecule has 0 atom stereocenters. The number of carbonyl (C=O) groups excluding carboxylic acids is 1. The molecule has 0 unspecified atom stereocenters. The fourth-order valence-electron chi connectivity index (χ4n) is 4.42. The molecular weight excluding hydrogens is 462 g/mol. The Bertz CT molecular complexity index is 1240. The number of benzene rings is 2. The minimum Gasteiger partial charge on any atom is -0.495 e. The molecule has 0 amide bonds. The Hall–Kier alpha value is -3.73. The summed E-state index contributed by atoms with van der Waals surface area (Å²) in [5.41, 5.74) is 3.20. The Kier molecular flexibility index (Phi) is 10.6. The van der Waals surface area contributed by atoms with Gasteiger partial charge in [0.15, 0.2) is 6.29 Å². The summed E-state index contributed by atoms with van der Waals surface area (Å²) < 4.78 is 5.46. The number of aldehydes is 1. The predicted octanol–water partition coefficient (Wildman–Crippen LogP) is 5.15. The van der Waals surface area contributed by atoms with Crippen molar-refractivity contribution in [2.24, 2.45) is 5.92 Å². The number of rotatable bonds is 9. The van der Waals surface area contributed by atoms with Gasteiger partial charge in [-0.15, -0.1) is 0 Å². The summed E-state index contributed by atoms with van der Waals surface area (Å²) in [6.07, 6.45) is 4.90. The van der Waals surface area contributed by atoms with Crippen LogP contribution in [0.25, 0.3) is 22.0 Å². The number of carbonyl (C=O) groups is 1. The average molecular weight is 500 g/mol. The molecule has 2 heterocycles. The highest BCUT2D eigenvalue weighted by molar-refractivity contribution is 5.99. The van der Waals surface area contributed by atoms with E-state index in [9.17, 15) is 4.79 Å². The van der Waals surface area contributed by atoms with Gasteiger partial charge in [-0.2, -0.15) is 5.26 Å². The maximum atomic E-state index is 11.0. The predicted molar refractivity (Wildman–Crippen MR) is 151 cm³/mol. The SMILES string of the molecule is C=C(C#N)CNc1c(OC)ccc2ccc(-c3cccc(C=O)n3)cc12.CNCCC1CCN(C)CC1. The topological polar surface area (TPSA) is 90.3 Å². The van der Waals surface area contributed by atoms with Crippen molar-refractivity contribution in [3.63, 3.8) is 0 Å². The van der Waals surface area contributed by atoms with Crippen LogP contribution in [0.1, 0.15) is 29.8 Å². The quantitative estimate of drug-likeness (QED) is 0.311. The molecule has 194 valence electrons. The first kappa shape index (κ1) is 27.9. The summed E-state index contributed by atoms with van der Waals surface area (Å²) >= 11 is 0. The van der Waals surface area contributed by atoms with E-state index in [0.717, 1.165) is 34.2 Å². The third-order valence-corrected chi connectivity index (χ3v) is 6.67. The molecule has 1 aliphatic rings. The van der Waals surface area contributed by atoms with Crippen LogP contribution in [0, 0.1) is 17.2 Å². The smallest absolute Gasteiger partial charge is 0.168 e. The maximum Gasteiger partial charge on any atom is 0.168 e. The fourth-order valence-corrected chi connectivity index (χ4v) is 4.42. The van der Waals surface area contributed by atoms with E-state index in [-0.39, 0.29) is 0 Å². The molecule has 4 rings (SSSR count). The molecule has 2 N–H and O–H groups in total. The Balaban J connectivity index is 0.000000289. The van der Waals surface area contributed by atoms with Gasteiger partial charge in [0.05, 0.1) is 24.6 Å². The van der Waals surface area contributed by atoms with Gasteiger partial charge in [0.1, 0.15) is 11.4 Å². The lowest BCUT2D eigenvalue weighted by molar-refractivity contribution is 0.111. The number of ether oxygens (including phenoxy) is 1. The summed E-state index contributed by atoms with van der Waals surface area (Å²) in [5, 5.41) is 17.3. The summed E-state index contributed by atoms with van der Waals surface area (Å²) in [6.45, 7) is 7.82. The van der Waals surface area contributed by atoms with Gasteiger partial charge in [-0.3, -0.25) is 4.79 Å². The van der Waals surface area contributed by atoms with E-state index in [1.165, 1.54) is 38.9 Å². The van der Waals surface area contributed by atoms with E-state index in [1.54, 1.807) is 19.2 Å². The molecule has 0 radical (unpaired) electrons. The third kappa shape index (κ3) is 7.88. The second kappa shape index (κ2) is 14.1. The zero-order valence-electron chi connectivity index (χ0n) is 22.1. The molecule has 0 saturated carbocycles. The van der Waals surface area contributed by atoms with Gasteiger partial charge in [0.2, 0.25) is 0 Å². The highest BCUT2D eigenvalue weighted by Crippen LogP contribution is 2.35. The van der Waals surface area contributed by atoms with Crippen molar-refractivity contribution in [1.82, 2.24) is 15.2 Å². The van der Waals surface area contributed by atoms with Gasteiger partial charge in [0, 0.05) is 23.1 Å². The standard InChI is InChI=1S/C21H17N3O2.C9H20N2/c1-14(11-22)12-23-21-18-10-16(19-5-3-4-17(13-25)24-19)7-6-15(18)8-9-20(21)26-2;1-10-6-3-9-4-7-11(2)8-5-9/h3-10,13,23H,1,12H2,2H3;9-10H,3-8H2,1-2H3. The largest absolute Gasteiger partial charge is 0.495 e.